The fraction of sp³-hybridized carbons (Fsp3) is 0.167. The molecule has 4 nitrogen and oxygen atoms in total. The highest BCUT2D eigenvalue weighted by Crippen LogP contribution is 2.12. The van der Waals surface area contributed by atoms with Crippen molar-refractivity contribution in [3.05, 3.63) is 47.0 Å². The fourth-order valence-corrected chi connectivity index (χ4v) is 1.40. The standard InChI is InChI=1S/C12H11FN2O2/c1-7-5-9(3-4-10(7)13)12(16)14-11-6-8(2)17-15-11/h3-6H,1-2H3,(H,14,15,16). The lowest BCUT2D eigenvalue weighted by molar-refractivity contribution is 0.102. The van der Waals surface area contributed by atoms with Crippen LogP contribution < -0.4 is 5.32 Å². The molecular weight excluding hydrogens is 223 g/mol. The Morgan fingerprint density at radius 2 is 2.12 bits per heavy atom. The normalized spacial score (nSPS) is 10.3. The molecule has 88 valence electrons. The van der Waals surface area contributed by atoms with Gasteiger partial charge >= 0.3 is 0 Å². The Morgan fingerprint density at radius 3 is 2.71 bits per heavy atom. The predicted molar refractivity (Wildman–Crippen MR) is 60.3 cm³/mol. The molecule has 0 radical (unpaired) electrons. The van der Waals surface area contributed by atoms with Crippen LogP contribution in [0, 0.1) is 19.7 Å². The van der Waals surface area contributed by atoms with Crippen LogP contribution in [0.2, 0.25) is 0 Å². The van der Waals surface area contributed by atoms with Gasteiger partial charge in [0.2, 0.25) is 0 Å². The van der Waals surface area contributed by atoms with Gasteiger partial charge < -0.3 is 9.84 Å². The molecule has 1 aromatic heterocycles. The van der Waals surface area contributed by atoms with Gasteiger partial charge in [-0.1, -0.05) is 5.16 Å². The van der Waals surface area contributed by atoms with E-state index in [0.29, 0.717) is 22.7 Å². The van der Waals surface area contributed by atoms with Crippen molar-refractivity contribution < 1.29 is 13.7 Å². The molecule has 1 aromatic carbocycles. The lowest BCUT2D eigenvalue weighted by atomic mass is 10.1. The molecule has 0 atom stereocenters. The highest BCUT2D eigenvalue weighted by molar-refractivity contribution is 6.03. The van der Waals surface area contributed by atoms with Crippen molar-refractivity contribution in [2.45, 2.75) is 13.8 Å². The van der Waals surface area contributed by atoms with E-state index in [1.807, 2.05) is 0 Å². The molecule has 0 fully saturated rings. The van der Waals surface area contributed by atoms with Crippen molar-refractivity contribution in [1.29, 1.82) is 0 Å². The minimum atomic E-state index is -0.346. The van der Waals surface area contributed by atoms with Gasteiger partial charge in [-0.25, -0.2) is 4.39 Å². The number of amides is 1. The first-order valence-corrected chi connectivity index (χ1v) is 5.07. The van der Waals surface area contributed by atoms with Gasteiger partial charge in [0.15, 0.2) is 5.82 Å². The second kappa shape index (κ2) is 4.37. The highest BCUT2D eigenvalue weighted by atomic mass is 19.1. The van der Waals surface area contributed by atoms with E-state index in [0.717, 1.165) is 0 Å². The Kier molecular flexibility index (Phi) is 2.91. The summed E-state index contributed by atoms with van der Waals surface area (Å²) < 4.78 is 17.9. The van der Waals surface area contributed by atoms with Crippen LogP contribution in [0.4, 0.5) is 10.2 Å². The molecule has 0 saturated carbocycles. The first-order chi connectivity index (χ1) is 8.06. The smallest absolute Gasteiger partial charge is 0.256 e. The van der Waals surface area contributed by atoms with Crippen LogP contribution in [-0.2, 0) is 0 Å². The Balaban J connectivity index is 2.17. The van der Waals surface area contributed by atoms with E-state index in [9.17, 15) is 9.18 Å². The second-order valence-corrected chi connectivity index (χ2v) is 3.74. The average Bonchev–Trinajstić information content (AvgIpc) is 2.68. The van der Waals surface area contributed by atoms with E-state index in [4.69, 9.17) is 4.52 Å². The van der Waals surface area contributed by atoms with Gasteiger partial charge in [0.25, 0.3) is 5.91 Å². The highest BCUT2D eigenvalue weighted by Gasteiger charge is 2.10. The molecule has 1 heterocycles. The van der Waals surface area contributed by atoms with Crippen molar-refractivity contribution in [3.8, 4) is 0 Å². The van der Waals surface area contributed by atoms with Crippen molar-refractivity contribution in [2.75, 3.05) is 5.32 Å². The van der Waals surface area contributed by atoms with E-state index in [2.05, 4.69) is 10.5 Å². The number of aryl methyl sites for hydroxylation is 2. The number of carbonyl (C=O) groups is 1. The van der Waals surface area contributed by atoms with Crippen LogP contribution in [0.3, 0.4) is 0 Å². The number of nitrogens with zero attached hydrogens (tertiary/aromatic N) is 1. The van der Waals surface area contributed by atoms with E-state index in [-0.39, 0.29) is 11.7 Å². The number of halogens is 1. The summed E-state index contributed by atoms with van der Waals surface area (Å²) in [6.07, 6.45) is 0. The maximum Gasteiger partial charge on any atom is 0.256 e. The number of aromatic nitrogens is 1. The van der Waals surface area contributed by atoms with Gasteiger partial charge in [0, 0.05) is 11.6 Å². The van der Waals surface area contributed by atoms with E-state index >= 15 is 0 Å². The van der Waals surface area contributed by atoms with Gasteiger partial charge in [-0.2, -0.15) is 0 Å². The summed E-state index contributed by atoms with van der Waals surface area (Å²) in [7, 11) is 0. The number of hydrogen-bond donors (Lipinski definition) is 1. The number of rotatable bonds is 2. The van der Waals surface area contributed by atoms with Crippen LogP contribution in [0.15, 0.2) is 28.8 Å². The Hall–Kier alpha value is -2.17. The number of hydrogen-bond acceptors (Lipinski definition) is 3. The molecule has 0 bridgehead atoms. The van der Waals surface area contributed by atoms with Crippen molar-refractivity contribution in [2.24, 2.45) is 0 Å². The zero-order valence-corrected chi connectivity index (χ0v) is 9.45. The second-order valence-electron chi connectivity index (χ2n) is 3.74. The molecule has 5 heteroatoms. The zero-order valence-electron chi connectivity index (χ0n) is 9.45. The molecule has 0 saturated heterocycles. The predicted octanol–water partition coefficient (Wildman–Crippen LogP) is 2.68. The molecule has 0 unspecified atom stereocenters. The summed E-state index contributed by atoms with van der Waals surface area (Å²) in [6.45, 7) is 3.33. The number of nitrogens with one attached hydrogen (secondary N) is 1. The van der Waals surface area contributed by atoms with Crippen molar-refractivity contribution >= 4 is 11.7 Å². The summed E-state index contributed by atoms with van der Waals surface area (Å²) in [5, 5.41) is 6.20. The maximum absolute atomic E-state index is 13.0. The maximum atomic E-state index is 13.0. The van der Waals surface area contributed by atoms with Gasteiger partial charge in [0.1, 0.15) is 11.6 Å². The molecular formula is C12H11FN2O2. The minimum Gasteiger partial charge on any atom is -0.360 e. The van der Waals surface area contributed by atoms with Gasteiger partial charge in [-0.05, 0) is 37.6 Å². The van der Waals surface area contributed by atoms with E-state index < -0.39 is 0 Å². The van der Waals surface area contributed by atoms with Gasteiger partial charge in [-0.15, -0.1) is 0 Å². The number of benzene rings is 1. The SMILES string of the molecule is Cc1cc(NC(=O)c2ccc(F)c(C)c2)no1. The molecule has 1 N–H and O–H groups in total. The molecule has 17 heavy (non-hydrogen) atoms. The molecule has 0 aliphatic carbocycles. The van der Waals surface area contributed by atoms with E-state index in [1.165, 1.54) is 18.2 Å². The van der Waals surface area contributed by atoms with Crippen molar-refractivity contribution in [1.82, 2.24) is 5.16 Å². The van der Waals surface area contributed by atoms with Crippen LogP contribution in [0.1, 0.15) is 21.7 Å². The molecule has 0 aliphatic rings. The first kappa shape index (κ1) is 11.3. The number of anilines is 1. The molecule has 1 amide bonds. The Bertz CT molecular complexity index is 563. The lowest BCUT2D eigenvalue weighted by Gasteiger charge is -2.02. The largest absolute Gasteiger partial charge is 0.360 e. The zero-order chi connectivity index (χ0) is 12.4. The molecule has 0 spiro atoms. The Morgan fingerprint density at radius 1 is 1.35 bits per heavy atom. The van der Waals surface area contributed by atoms with Crippen LogP contribution >= 0.6 is 0 Å². The van der Waals surface area contributed by atoms with Gasteiger partial charge in [0.05, 0.1) is 0 Å². The molecule has 0 aliphatic heterocycles. The van der Waals surface area contributed by atoms with Crippen molar-refractivity contribution in [3.63, 3.8) is 0 Å². The Labute approximate surface area is 97.4 Å². The monoisotopic (exact) mass is 234 g/mol. The minimum absolute atomic E-state index is 0.334. The third-order valence-electron chi connectivity index (χ3n) is 2.29. The summed E-state index contributed by atoms with van der Waals surface area (Å²) in [6, 6.07) is 5.77. The summed E-state index contributed by atoms with van der Waals surface area (Å²) >= 11 is 0. The lowest BCUT2D eigenvalue weighted by Crippen LogP contribution is -2.12. The van der Waals surface area contributed by atoms with Gasteiger partial charge in [-0.3, -0.25) is 4.79 Å². The fourth-order valence-electron chi connectivity index (χ4n) is 1.40. The topological polar surface area (TPSA) is 55.1 Å². The average molecular weight is 234 g/mol. The first-order valence-electron chi connectivity index (χ1n) is 5.07. The number of carbonyl (C=O) groups excluding carboxylic acids is 1. The third kappa shape index (κ3) is 2.50. The summed E-state index contributed by atoms with van der Waals surface area (Å²) in [5.74, 6) is 0.269. The van der Waals surface area contributed by atoms with Crippen LogP contribution in [0.25, 0.3) is 0 Å². The molecule has 2 aromatic rings. The third-order valence-corrected chi connectivity index (χ3v) is 2.29. The molecule has 2 rings (SSSR count). The van der Waals surface area contributed by atoms with E-state index in [1.54, 1.807) is 19.9 Å². The van der Waals surface area contributed by atoms with Crippen LogP contribution in [-0.4, -0.2) is 11.1 Å². The summed E-state index contributed by atoms with van der Waals surface area (Å²) in [5.41, 5.74) is 0.804. The summed E-state index contributed by atoms with van der Waals surface area (Å²) in [4.78, 5) is 11.8. The van der Waals surface area contributed by atoms with Crippen LogP contribution in [0.5, 0.6) is 0 Å². The quantitative estimate of drug-likeness (QED) is 0.869.